The van der Waals surface area contributed by atoms with Gasteiger partial charge in [0.25, 0.3) is 0 Å². The number of para-hydroxylation sites is 1. The van der Waals surface area contributed by atoms with E-state index in [4.69, 9.17) is 16.0 Å². The first-order valence-corrected chi connectivity index (χ1v) is 10.7. The first-order chi connectivity index (χ1) is 15.4. The zero-order chi connectivity index (χ0) is 22.7. The van der Waals surface area contributed by atoms with E-state index >= 15 is 0 Å². The Balaban J connectivity index is 1.65. The van der Waals surface area contributed by atoms with E-state index in [-0.39, 0.29) is 23.8 Å². The Hall–Kier alpha value is -3.63. The molecule has 4 N–H and O–H groups in total. The maximum Gasteiger partial charge on any atom is 0.226 e. The maximum atomic E-state index is 11.6. The molecule has 0 amide bonds. The minimum Gasteiger partial charge on any atom is -0.504 e. The average molecular weight is 473 g/mol. The predicted octanol–water partition coefficient (Wildman–Crippen LogP) is 3.70. The molecular weight excluding hydrogens is 456 g/mol. The van der Waals surface area contributed by atoms with E-state index in [9.17, 15) is 20.1 Å². The van der Waals surface area contributed by atoms with Crippen molar-refractivity contribution in [1.29, 1.82) is 0 Å². The van der Waals surface area contributed by atoms with E-state index in [2.05, 4.69) is 15.6 Å². The quantitative estimate of drug-likeness (QED) is 0.234. The Kier molecular flexibility index (Phi) is 6.24. The van der Waals surface area contributed by atoms with Gasteiger partial charge in [0.05, 0.1) is 17.3 Å². The van der Waals surface area contributed by atoms with E-state index in [1.165, 1.54) is 23.9 Å². The number of halogens is 1. The van der Waals surface area contributed by atoms with Crippen molar-refractivity contribution in [2.75, 3.05) is 5.43 Å². The highest BCUT2D eigenvalue weighted by Crippen LogP contribution is 2.31. The van der Waals surface area contributed by atoms with E-state index in [1.807, 2.05) is 6.07 Å². The molecule has 0 aliphatic carbocycles. The topological polar surface area (TPSA) is 134 Å². The lowest BCUT2D eigenvalue weighted by Gasteiger charge is -2.14. The molecule has 9 nitrogen and oxygen atoms in total. The summed E-state index contributed by atoms with van der Waals surface area (Å²) < 4.78 is 6.84. The molecule has 0 bridgehead atoms. The second-order valence-electron chi connectivity index (χ2n) is 6.63. The molecule has 0 aliphatic heterocycles. The monoisotopic (exact) mass is 472 g/mol. The molecule has 4 rings (SSSR count). The van der Waals surface area contributed by atoms with Gasteiger partial charge in [0.1, 0.15) is 12.0 Å². The minimum atomic E-state index is -0.539. The molecule has 4 aromatic rings. The maximum absolute atomic E-state index is 11.6. The van der Waals surface area contributed by atoms with Gasteiger partial charge >= 0.3 is 0 Å². The number of nitrogens with one attached hydrogen (secondary N) is 1. The zero-order valence-corrected chi connectivity index (χ0v) is 18.0. The third-order valence-corrected chi connectivity index (χ3v) is 5.76. The highest BCUT2D eigenvalue weighted by Gasteiger charge is 2.18. The van der Waals surface area contributed by atoms with E-state index in [0.717, 1.165) is 6.26 Å². The van der Waals surface area contributed by atoms with Crippen molar-refractivity contribution in [2.24, 2.45) is 0 Å². The lowest BCUT2D eigenvalue weighted by atomic mass is 10.2. The fourth-order valence-electron chi connectivity index (χ4n) is 2.86. The number of hydrogen-bond acceptors (Lipinski definition) is 9. The van der Waals surface area contributed by atoms with Gasteiger partial charge in [-0.3, -0.25) is 4.79 Å². The third-order valence-electron chi connectivity index (χ3n) is 4.48. The van der Waals surface area contributed by atoms with Gasteiger partial charge in [-0.15, -0.1) is 10.2 Å². The summed E-state index contributed by atoms with van der Waals surface area (Å²) in [5.74, 6) is 0.108. The average Bonchev–Trinajstić information content (AvgIpc) is 3.18. The highest BCUT2D eigenvalue weighted by molar-refractivity contribution is 7.98. The molecule has 0 aliphatic rings. The summed E-state index contributed by atoms with van der Waals surface area (Å²) in [6.45, 7) is 0.150. The van der Waals surface area contributed by atoms with Gasteiger partial charge in [0, 0.05) is 17.2 Å². The number of thioether (sulfide) groups is 1. The molecule has 2 heterocycles. The van der Waals surface area contributed by atoms with Gasteiger partial charge in [-0.2, -0.15) is 0 Å². The molecule has 0 fully saturated rings. The highest BCUT2D eigenvalue weighted by atomic mass is 35.5. The second kappa shape index (κ2) is 9.25. The van der Waals surface area contributed by atoms with Gasteiger partial charge in [-0.25, -0.2) is 4.68 Å². The number of benzene rings is 2. The summed E-state index contributed by atoms with van der Waals surface area (Å²) in [6, 6.07) is 13.0. The number of phenolic OH excluding ortho intramolecular Hbond substituents is 2. The molecule has 32 heavy (non-hydrogen) atoms. The lowest BCUT2D eigenvalue weighted by Crippen LogP contribution is -2.17. The van der Waals surface area contributed by atoms with Crippen LogP contribution in [-0.4, -0.2) is 30.2 Å². The van der Waals surface area contributed by atoms with Crippen LogP contribution in [0, 0.1) is 0 Å². The summed E-state index contributed by atoms with van der Waals surface area (Å²) in [5, 5.41) is 38.6. The van der Waals surface area contributed by atoms with E-state index in [1.54, 1.807) is 35.0 Å². The van der Waals surface area contributed by atoms with Gasteiger partial charge < -0.3 is 25.2 Å². The van der Waals surface area contributed by atoms with Gasteiger partial charge in [-0.05, 0) is 18.2 Å². The smallest absolute Gasteiger partial charge is 0.226 e. The van der Waals surface area contributed by atoms with Gasteiger partial charge in [0.2, 0.25) is 10.6 Å². The predicted molar refractivity (Wildman–Crippen MR) is 120 cm³/mol. The third kappa shape index (κ3) is 4.51. The Morgan fingerprint density at radius 1 is 1.06 bits per heavy atom. The number of rotatable bonds is 7. The van der Waals surface area contributed by atoms with Crippen LogP contribution in [0.3, 0.4) is 0 Å². The summed E-state index contributed by atoms with van der Waals surface area (Å²) >= 11 is 7.58. The van der Waals surface area contributed by atoms with E-state index < -0.39 is 11.2 Å². The molecule has 0 saturated carbocycles. The summed E-state index contributed by atoms with van der Waals surface area (Å²) in [4.78, 5) is 11.6. The van der Waals surface area contributed by atoms with E-state index in [0.29, 0.717) is 32.9 Å². The fraction of sp³-hybridized carbons (Fsp3) is 0.0952. The van der Waals surface area contributed by atoms with Gasteiger partial charge in [-0.1, -0.05) is 47.6 Å². The zero-order valence-electron chi connectivity index (χ0n) is 16.4. The molecule has 11 heteroatoms. The molecule has 0 atom stereocenters. The van der Waals surface area contributed by atoms with Crippen LogP contribution in [0.5, 0.6) is 17.2 Å². The summed E-state index contributed by atoms with van der Waals surface area (Å²) in [6.07, 6.45) is 0.987. The Bertz CT molecular complexity index is 1320. The van der Waals surface area contributed by atoms with Crippen LogP contribution in [-0.2, 0) is 12.3 Å². The number of aromatic nitrogens is 3. The van der Waals surface area contributed by atoms with Crippen molar-refractivity contribution in [2.45, 2.75) is 17.5 Å². The first-order valence-electron chi connectivity index (χ1n) is 9.31. The second-order valence-corrected chi connectivity index (χ2v) is 7.98. The Morgan fingerprint density at radius 2 is 1.88 bits per heavy atom. The van der Waals surface area contributed by atoms with Crippen LogP contribution < -0.4 is 10.9 Å². The molecule has 0 unspecified atom stereocenters. The number of aromatic hydroxyl groups is 3. The molecular formula is C21H17ClN4O5S. The SMILES string of the molecule is O=c1cc(CSc2nnc(-c3ccccc3Cl)n2NCc2cccc(O)c2O)occ1O. The number of phenols is 2. The molecule has 2 aromatic heterocycles. The lowest BCUT2D eigenvalue weighted by molar-refractivity contribution is 0.399. The van der Waals surface area contributed by atoms with Crippen LogP contribution in [0.4, 0.5) is 0 Å². The van der Waals surface area contributed by atoms with Crippen molar-refractivity contribution in [3.63, 3.8) is 0 Å². The molecule has 0 saturated heterocycles. The van der Waals surface area contributed by atoms with Crippen LogP contribution >= 0.6 is 23.4 Å². The number of hydrogen-bond donors (Lipinski definition) is 4. The van der Waals surface area contributed by atoms with Crippen LogP contribution in [0.2, 0.25) is 5.02 Å². The van der Waals surface area contributed by atoms with Crippen LogP contribution in [0.1, 0.15) is 11.3 Å². The summed E-state index contributed by atoms with van der Waals surface area (Å²) in [7, 11) is 0. The van der Waals surface area contributed by atoms with Crippen molar-refractivity contribution in [3.05, 3.63) is 81.4 Å². The van der Waals surface area contributed by atoms with Crippen molar-refractivity contribution >= 4 is 23.4 Å². The Morgan fingerprint density at radius 3 is 2.66 bits per heavy atom. The van der Waals surface area contributed by atoms with Crippen LogP contribution in [0.15, 0.2) is 69.2 Å². The van der Waals surface area contributed by atoms with Crippen molar-refractivity contribution in [1.82, 2.24) is 14.9 Å². The minimum absolute atomic E-state index is 0.150. The molecule has 164 valence electrons. The molecule has 0 spiro atoms. The van der Waals surface area contributed by atoms with Gasteiger partial charge in [0.15, 0.2) is 23.1 Å². The van der Waals surface area contributed by atoms with Crippen LogP contribution in [0.25, 0.3) is 11.4 Å². The largest absolute Gasteiger partial charge is 0.504 e. The van der Waals surface area contributed by atoms with Crippen molar-refractivity contribution in [3.8, 4) is 28.6 Å². The standard InChI is InChI=1S/C21H17ClN4O5S/c22-15-6-2-1-5-14(15)20-24-25-21(32-11-13-8-17(28)18(29)10-31-13)26(20)23-9-12-4-3-7-16(27)19(12)30/h1-8,10,23,27,29-30H,9,11H2. The number of nitrogens with zero attached hydrogens (tertiary/aromatic N) is 3. The van der Waals surface area contributed by atoms with Crippen molar-refractivity contribution < 1.29 is 19.7 Å². The summed E-state index contributed by atoms with van der Waals surface area (Å²) in [5.41, 5.74) is 3.70. The fourth-order valence-corrected chi connectivity index (χ4v) is 3.88. The molecule has 0 radical (unpaired) electrons. The normalized spacial score (nSPS) is 10.9. The first kappa shape index (κ1) is 21.6. The molecule has 2 aromatic carbocycles. The Labute approximate surface area is 190 Å².